The highest BCUT2D eigenvalue weighted by Crippen LogP contribution is 2.33. The second-order valence-electron chi connectivity index (χ2n) is 21.1. The molecule has 0 aliphatic carbocycles. The van der Waals surface area contributed by atoms with E-state index in [2.05, 4.69) is 67.8 Å². The number of carbonyl (C=O) groups excluding carboxylic acids is 1. The number of nitrogens with one attached hydrogen (secondary N) is 1. The standard InChI is InChI=1S/C59H103NO18/c1-3-5-7-9-11-13-15-17-19-20-21-23-24-26-28-30-32-34-36-43(64)42(60-47(65)37-35-33-31-29-27-25-22-18-16-14-12-10-8-6-4-2)41-73-57-53(71)50(68)55(45(39-62)75-57)78-59-54(72)51(69)56(46(40-63)76-59)77-58-52(70)49(67)48(66)44(38-61)74-58/h6,8,12,14,18,22,26,28,34,36,42-46,48-59,61-64,66-72H,3-5,7,9-11,13,15-17,19-21,23-25,27,29-33,35,37-41H2,1-2H3,(H,60,65)/b8-6-,14-12-,22-18-,28-26+,36-34+. The van der Waals surface area contributed by atoms with Crippen LogP contribution in [0.25, 0.3) is 0 Å². The van der Waals surface area contributed by atoms with E-state index in [4.69, 9.17) is 28.4 Å². The largest absolute Gasteiger partial charge is 0.394 e. The quantitative estimate of drug-likeness (QED) is 0.0287. The lowest BCUT2D eigenvalue weighted by molar-refractivity contribution is -0.379. The Hall–Kier alpha value is -2.51. The van der Waals surface area contributed by atoms with E-state index in [1.165, 1.54) is 70.6 Å². The highest BCUT2D eigenvalue weighted by atomic mass is 16.8. The molecule has 3 fully saturated rings. The maximum Gasteiger partial charge on any atom is 0.220 e. The van der Waals surface area contributed by atoms with Gasteiger partial charge < -0.3 is 89.9 Å². The lowest BCUT2D eigenvalue weighted by Crippen LogP contribution is -2.66. The van der Waals surface area contributed by atoms with Gasteiger partial charge in [-0.15, -0.1) is 0 Å². The van der Waals surface area contributed by atoms with Crippen molar-refractivity contribution in [2.24, 2.45) is 0 Å². The number of unbranched alkanes of at least 4 members (excludes halogenated alkanes) is 18. The lowest BCUT2D eigenvalue weighted by Gasteiger charge is -2.48. The van der Waals surface area contributed by atoms with Crippen LogP contribution in [0.5, 0.6) is 0 Å². The molecule has 0 radical (unpaired) electrons. The van der Waals surface area contributed by atoms with Crippen molar-refractivity contribution in [3.05, 3.63) is 60.8 Å². The molecule has 0 saturated carbocycles. The minimum atomic E-state index is -1.98. The van der Waals surface area contributed by atoms with Crippen molar-refractivity contribution < 1.29 is 89.4 Å². The number of ether oxygens (including phenoxy) is 6. The van der Waals surface area contributed by atoms with Crippen molar-refractivity contribution in [3.8, 4) is 0 Å². The van der Waals surface area contributed by atoms with Crippen LogP contribution >= 0.6 is 0 Å². The van der Waals surface area contributed by atoms with Gasteiger partial charge in [-0.05, 0) is 64.2 Å². The average Bonchev–Trinajstić information content (AvgIpc) is 3.47. The van der Waals surface area contributed by atoms with Crippen molar-refractivity contribution in [2.75, 3.05) is 26.4 Å². The van der Waals surface area contributed by atoms with Crippen LogP contribution in [-0.2, 0) is 33.2 Å². The van der Waals surface area contributed by atoms with Crippen LogP contribution in [0.4, 0.5) is 0 Å². The fraction of sp³-hybridized carbons (Fsp3) is 0.814. The summed E-state index contributed by atoms with van der Waals surface area (Å²) < 4.78 is 34.2. The fourth-order valence-electron chi connectivity index (χ4n) is 9.69. The van der Waals surface area contributed by atoms with Gasteiger partial charge in [-0.25, -0.2) is 0 Å². The van der Waals surface area contributed by atoms with Gasteiger partial charge in [-0.3, -0.25) is 4.79 Å². The first-order chi connectivity index (χ1) is 37.8. The molecule has 19 nitrogen and oxygen atoms in total. The normalized spacial score (nSPS) is 30.9. The third kappa shape index (κ3) is 26.2. The average molecular weight is 1110 g/mol. The number of hydrogen-bond donors (Lipinski definition) is 12. The predicted molar refractivity (Wildman–Crippen MR) is 295 cm³/mol. The summed E-state index contributed by atoms with van der Waals surface area (Å²) in [4.78, 5) is 13.3. The van der Waals surface area contributed by atoms with Gasteiger partial charge in [0.25, 0.3) is 0 Å². The Morgan fingerprint density at radius 2 is 0.897 bits per heavy atom. The van der Waals surface area contributed by atoms with E-state index in [1.54, 1.807) is 6.08 Å². The zero-order valence-corrected chi connectivity index (χ0v) is 46.9. The van der Waals surface area contributed by atoms with E-state index in [1.807, 2.05) is 6.08 Å². The lowest BCUT2D eigenvalue weighted by atomic mass is 9.96. The zero-order chi connectivity index (χ0) is 56.9. The maximum atomic E-state index is 13.3. The molecule has 452 valence electrons. The van der Waals surface area contributed by atoms with Crippen molar-refractivity contribution in [3.63, 3.8) is 0 Å². The molecule has 0 bridgehead atoms. The van der Waals surface area contributed by atoms with E-state index in [9.17, 15) is 61.0 Å². The van der Waals surface area contributed by atoms with Crippen molar-refractivity contribution in [1.29, 1.82) is 0 Å². The highest BCUT2D eigenvalue weighted by Gasteiger charge is 2.53. The van der Waals surface area contributed by atoms with Crippen molar-refractivity contribution in [2.45, 2.75) is 279 Å². The summed E-state index contributed by atoms with van der Waals surface area (Å²) in [7, 11) is 0. The predicted octanol–water partition coefficient (Wildman–Crippen LogP) is 4.87. The zero-order valence-electron chi connectivity index (χ0n) is 46.9. The summed E-state index contributed by atoms with van der Waals surface area (Å²) in [5.74, 6) is -0.306. The van der Waals surface area contributed by atoms with E-state index >= 15 is 0 Å². The molecule has 0 aromatic carbocycles. The third-order valence-corrected chi connectivity index (χ3v) is 14.5. The van der Waals surface area contributed by atoms with E-state index < -0.39 is 124 Å². The highest BCUT2D eigenvalue weighted by molar-refractivity contribution is 5.76. The molecule has 0 aromatic rings. The minimum absolute atomic E-state index is 0.213. The van der Waals surface area contributed by atoms with Crippen LogP contribution in [-0.4, -0.2) is 193 Å². The van der Waals surface area contributed by atoms with Crippen LogP contribution in [0.1, 0.15) is 174 Å². The van der Waals surface area contributed by atoms with Gasteiger partial charge in [0.1, 0.15) is 73.2 Å². The summed E-state index contributed by atoms with van der Waals surface area (Å²) in [6.45, 7) is 1.56. The molecule has 3 aliphatic rings. The Balaban J connectivity index is 1.53. The van der Waals surface area contributed by atoms with Crippen LogP contribution in [0.2, 0.25) is 0 Å². The van der Waals surface area contributed by atoms with Gasteiger partial charge >= 0.3 is 0 Å². The van der Waals surface area contributed by atoms with Crippen LogP contribution in [0, 0.1) is 0 Å². The second-order valence-corrected chi connectivity index (χ2v) is 21.1. The number of allylic oxidation sites excluding steroid dienone is 9. The van der Waals surface area contributed by atoms with Crippen molar-refractivity contribution in [1.82, 2.24) is 5.32 Å². The molecule has 0 spiro atoms. The Morgan fingerprint density at radius 1 is 0.474 bits per heavy atom. The smallest absolute Gasteiger partial charge is 0.220 e. The SMILES string of the molecule is CC/C=C\C/C=C\C/C=C\CCCCCCCC(=O)NC(COC1OC(CO)C(OC2OC(CO)C(OC3OC(CO)C(O)C(O)C3O)C(O)C2O)C(O)C1O)C(O)/C=C/CC/C=C/CCCCCCCCCCCCCC. The monoisotopic (exact) mass is 1110 g/mol. The Morgan fingerprint density at radius 3 is 1.44 bits per heavy atom. The Kier molecular flexibility index (Phi) is 37.9. The van der Waals surface area contributed by atoms with E-state index in [-0.39, 0.29) is 18.9 Å². The summed E-state index contributed by atoms with van der Waals surface area (Å²) in [6.07, 6.45) is 20.6. The molecular formula is C59H103NO18. The summed E-state index contributed by atoms with van der Waals surface area (Å²) >= 11 is 0. The molecule has 1 amide bonds. The number of carbonyl (C=O) groups is 1. The molecule has 19 heteroatoms. The van der Waals surface area contributed by atoms with Crippen LogP contribution < -0.4 is 5.32 Å². The molecule has 17 unspecified atom stereocenters. The Bertz CT molecular complexity index is 1660. The first-order valence-electron chi connectivity index (χ1n) is 29.5. The summed E-state index contributed by atoms with van der Waals surface area (Å²) in [5.41, 5.74) is 0. The van der Waals surface area contributed by atoms with Crippen LogP contribution in [0.3, 0.4) is 0 Å². The van der Waals surface area contributed by atoms with Crippen molar-refractivity contribution >= 4 is 5.91 Å². The Labute approximate surface area is 465 Å². The van der Waals surface area contributed by atoms with Gasteiger partial charge in [-0.1, -0.05) is 164 Å². The number of amides is 1. The van der Waals surface area contributed by atoms with Gasteiger partial charge in [-0.2, -0.15) is 0 Å². The van der Waals surface area contributed by atoms with E-state index in [0.29, 0.717) is 12.8 Å². The van der Waals surface area contributed by atoms with Gasteiger partial charge in [0.15, 0.2) is 18.9 Å². The molecular weight excluding hydrogens is 1010 g/mol. The summed E-state index contributed by atoms with van der Waals surface area (Å²) in [5, 5.41) is 120. The number of rotatable bonds is 42. The second kappa shape index (κ2) is 42.3. The molecule has 3 heterocycles. The molecule has 12 N–H and O–H groups in total. The number of aliphatic hydroxyl groups is 11. The third-order valence-electron chi connectivity index (χ3n) is 14.5. The van der Waals surface area contributed by atoms with Crippen LogP contribution in [0.15, 0.2) is 60.8 Å². The number of aliphatic hydroxyl groups excluding tert-OH is 11. The van der Waals surface area contributed by atoms with Gasteiger partial charge in [0, 0.05) is 6.42 Å². The molecule has 3 saturated heterocycles. The van der Waals surface area contributed by atoms with Gasteiger partial charge in [0.2, 0.25) is 5.91 Å². The number of hydrogen-bond acceptors (Lipinski definition) is 18. The molecule has 0 aromatic heterocycles. The van der Waals surface area contributed by atoms with Gasteiger partial charge in [0.05, 0.1) is 38.6 Å². The maximum absolute atomic E-state index is 13.3. The molecule has 78 heavy (non-hydrogen) atoms. The molecule has 3 aliphatic heterocycles. The fourth-order valence-corrected chi connectivity index (χ4v) is 9.69. The molecule has 3 rings (SSSR count). The first-order valence-corrected chi connectivity index (χ1v) is 29.5. The minimum Gasteiger partial charge on any atom is -0.394 e. The topological polar surface area (TPSA) is 307 Å². The molecule has 17 atom stereocenters. The first kappa shape index (κ1) is 69.8. The van der Waals surface area contributed by atoms with E-state index in [0.717, 1.165) is 70.6 Å². The summed E-state index contributed by atoms with van der Waals surface area (Å²) in [6, 6.07) is -1.00.